The van der Waals surface area contributed by atoms with Gasteiger partial charge in [-0.3, -0.25) is 9.69 Å². The van der Waals surface area contributed by atoms with Crippen LogP contribution in [0.4, 0.5) is 16.6 Å². The molecule has 0 bridgehead atoms. The second-order valence-corrected chi connectivity index (χ2v) is 11.1. The van der Waals surface area contributed by atoms with Crippen LogP contribution in [0.15, 0.2) is 48.8 Å². The number of amides is 2. The number of nitrogens with zero attached hydrogens (tertiary/aromatic N) is 5. The van der Waals surface area contributed by atoms with Gasteiger partial charge in [-0.05, 0) is 69.5 Å². The van der Waals surface area contributed by atoms with Gasteiger partial charge in [-0.2, -0.15) is 0 Å². The first-order valence-corrected chi connectivity index (χ1v) is 13.2. The molecule has 1 unspecified atom stereocenters. The van der Waals surface area contributed by atoms with E-state index in [-0.39, 0.29) is 12.5 Å². The number of hydrogen-bond donors (Lipinski definition) is 2. The van der Waals surface area contributed by atoms with Gasteiger partial charge in [0.2, 0.25) is 11.9 Å². The summed E-state index contributed by atoms with van der Waals surface area (Å²) in [4.78, 5) is 38.0. The number of aryl methyl sites for hydroxylation is 2. The van der Waals surface area contributed by atoms with Crippen LogP contribution in [0, 0.1) is 12.8 Å². The van der Waals surface area contributed by atoms with Gasteiger partial charge < -0.3 is 29.4 Å². The third-order valence-corrected chi connectivity index (χ3v) is 6.75. The van der Waals surface area contributed by atoms with E-state index in [0.717, 1.165) is 11.1 Å². The van der Waals surface area contributed by atoms with E-state index in [9.17, 15) is 14.7 Å². The number of anilines is 2. The lowest BCUT2D eigenvalue weighted by Gasteiger charge is -2.42. The van der Waals surface area contributed by atoms with Crippen molar-refractivity contribution in [2.45, 2.75) is 58.5 Å². The molecule has 0 spiro atoms. The molecule has 1 aromatic carbocycles. The topological polar surface area (TPSA) is 122 Å². The van der Waals surface area contributed by atoms with Crippen molar-refractivity contribution in [3.8, 4) is 5.75 Å². The number of hydrogen-bond acceptors (Lipinski definition) is 8. The normalized spacial score (nSPS) is 17.4. The molecule has 214 valence electrons. The Morgan fingerprint density at radius 3 is 2.48 bits per heavy atom. The molecule has 1 aliphatic heterocycles. The van der Waals surface area contributed by atoms with Crippen molar-refractivity contribution in [1.82, 2.24) is 19.9 Å². The number of ether oxygens (including phenoxy) is 2. The molecule has 0 saturated carbocycles. The number of likely N-dealkylation sites (N-methyl/N-ethyl adjacent to an activating group) is 1. The van der Waals surface area contributed by atoms with Crippen LogP contribution in [0.2, 0.25) is 0 Å². The number of rotatable bonds is 9. The maximum Gasteiger partial charge on any atom is 0.416 e. The fraction of sp³-hybridized carbons (Fsp3) is 0.448. The van der Waals surface area contributed by atoms with Crippen molar-refractivity contribution in [3.05, 3.63) is 65.6 Å². The molecular formula is C29H38N6O5. The van der Waals surface area contributed by atoms with E-state index in [1.54, 1.807) is 42.1 Å². The Kier molecular flexibility index (Phi) is 8.34. The van der Waals surface area contributed by atoms with E-state index in [1.807, 2.05) is 65.1 Å². The third kappa shape index (κ3) is 6.53. The number of carbonyl (C=O) groups is 2. The van der Waals surface area contributed by atoms with Gasteiger partial charge in [0, 0.05) is 32.2 Å². The molecule has 3 heterocycles. The monoisotopic (exact) mass is 550 g/mol. The first kappa shape index (κ1) is 28.9. The van der Waals surface area contributed by atoms with Crippen molar-refractivity contribution in [2.75, 3.05) is 24.0 Å². The van der Waals surface area contributed by atoms with Gasteiger partial charge in [0.1, 0.15) is 23.4 Å². The molecule has 11 nitrogen and oxygen atoms in total. The molecule has 1 fully saturated rings. The van der Waals surface area contributed by atoms with Crippen molar-refractivity contribution < 1.29 is 24.2 Å². The van der Waals surface area contributed by atoms with Gasteiger partial charge in [0.15, 0.2) is 0 Å². The highest BCUT2D eigenvalue weighted by atomic mass is 16.6. The first-order chi connectivity index (χ1) is 18.9. The summed E-state index contributed by atoms with van der Waals surface area (Å²) in [5.74, 6) is 1.11. The summed E-state index contributed by atoms with van der Waals surface area (Å²) in [7, 11) is 5.18. The predicted molar refractivity (Wildman–Crippen MR) is 151 cm³/mol. The number of pyridine rings is 1. The number of carbonyl (C=O) groups excluding carboxylic acids is 2. The van der Waals surface area contributed by atoms with Gasteiger partial charge in [0.25, 0.3) is 0 Å². The van der Waals surface area contributed by atoms with E-state index in [1.165, 1.54) is 4.90 Å². The average Bonchev–Trinajstić information content (AvgIpc) is 3.32. The molecule has 2 amide bonds. The Bertz CT molecular complexity index is 1350. The molecular weight excluding hydrogens is 512 g/mol. The standard InChI is InChI=1S/C29H38N6O5/c1-18-14-20(15-22-24(32-25(22)36)26(37)34(6)27-30-12-13-33(27)5)16-23(31-18)35(28(38)40-29(2,3)4)17-19-8-10-21(39-7)11-9-19/h8-14,16,22,24,26,37H,15,17H2,1-7H3,(H,32,36)/t22-,24+,26?/m1/s1. The summed E-state index contributed by atoms with van der Waals surface area (Å²) in [5, 5.41) is 13.9. The summed E-state index contributed by atoms with van der Waals surface area (Å²) in [6.45, 7) is 7.51. The molecule has 4 rings (SSSR count). The summed E-state index contributed by atoms with van der Waals surface area (Å²) in [6.07, 6.45) is 2.31. The average molecular weight is 551 g/mol. The quantitative estimate of drug-likeness (QED) is 0.308. The van der Waals surface area contributed by atoms with Gasteiger partial charge >= 0.3 is 6.09 Å². The van der Waals surface area contributed by atoms with E-state index in [0.29, 0.717) is 29.6 Å². The van der Waals surface area contributed by atoms with Crippen molar-refractivity contribution >= 4 is 23.8 Å². The Labute approximate surface area is 234 Å². The molecule has 3 aromatic rings. The molecule has 3 atom stereocenters. The van der Waals surface area contributed by atoms with Crippen LogP contribution in [0.3, 0.4) is 0 Å². The zero-order chi connectivity index (χ0) is 29.2. The molecule has 0 radical (unpaired) electrons. The summed E-state index contributed by atoms with van der Waals surface area (Å²) >= 11 is 0. The maximum atomic E-state index is 13.3. The zero-order valence-corrected chi connectivity index (χ0v) is 24.1. The Morgan fingerprint density at radius 1 is 1.20 bits per heavy atom. The van der Waals surface area contributed by atoms with Gasteiger partial charge in [-0.1, -0.05) is 12.1 Å². The molecule has 1 aliphatic rings. The highest BCUT2D eigenvalue weighted by molar-refractivity contribution is 5.88. The molecule has 40 heavy (non-hydrogen) atoms. The number of aliphatic hydroxyl groups is 1. The van der Waals surface area contributed by atoms with Gasteiger partial charge in [-0.25, -0.2) is 14.8 Å². The van der Waals surface area contributed by atoms with Crippen LogP contribution >= 0.6 is 0 Å². The number of imidazole rings is 1. The Hall–Kier alpha value is -4.12. The number of β-lactam (4-membered cyclic amide) rings is 1. The molecule has 1 saturated heterocycles. The fourth-order valence-electron chi connectivity index (χ4n) is 4.70. The van der Waals surface area contributed by atoms with Crippen molar-refractivity contribution in [2.24, 2.45) is 13.0 Å². The maximum absolute atomic E-state index is 13.3. The molecule has 2 aromatic heterocycles. The van der Waals surface area contributed by atoms with Gasteiger partial charge in [0.05, 0.1) is 25.6 Å². The SMILES string of the molecule is COc1ccc(CN(C(=O)OC(C)(C)C)c2cc(C[C@H]3C(=O)N[C@@H]3C(O)N(C)c3nccn3C)cc(C)n2)cc1. The molecule has 11 heteroatoms. The van der Waals surface area contributed by atoms with E-state index < -0.39 is 29.9 Å². The van der Waals surface area contributed by atoms with Crippen LogP contribution in [0.1, 0.15) is 37.6 Å². The minimum absolute atomic E-state index is 0.143. The van der Waals surface area contributed by atoms with Crippen LogP contribution < -0.4 is 19.9 Å². The van der Waals surface area contributed by atoms with Gasteiger partial charge in [-0.15, -0.1) is 0 Å². The number of nitrogens with one attached hydrogen (secondary N) is 1. The van der Waals surface area contributed by atoms with E-state index in [2.05, 4.69) is 15.3 Å². The lowest BCUT2D eigenvalue weighted by molar-refractivity contribution is -0.139. The Morgan fingerprint density at radius 2 is 1.90 bits per heavy atom. The predicted octanol–water partition coefficient (Wildman–Crippen LogP) is 3.19. The third-order valence-electron chi connectivity index (χ3n) is 6.75. The smallest absolute Gasteiger partial charge is 0.416 e. The van der Waals surface area contributed by atoms with Crippen LogP contribution in [-0.4, -0.2) is 63.7 Å². The highest BCUT2D eigenvalue weighted by Crippen LogP contribution is 2.28. The largest absolute Gasteiger partial charge is 0.497 e. The summed E-state index contributed by atoms with van der Waals surface area (Å²) in [6, 6.07) is 10.6. The summed E-state index contributed by atoms with van der Waals surface area (Å²) < 4.78 is 12.8. The number of aliphatic hydroxyl groups excluding tert-OH is 1. The number of benzene rings is 1. The lowest BCUT2D eigenvalue weighted by atomic mass is 9.83. The molecule has 2 N–H and O–H groups in total. The number of methoxy groups -OCH3 is 1. The van der Waals surface area contributed by atoms with Crippen LogP contribution in [0.5, 0.6) is 5.75 Å². The second-order valence-electron chi connectivity index (χ2n) is 11.1. The second kappa shape index (κ2) is 11.5. The van der Waals surface area contributed by atoms with Crippen molar-refractivity contribution in [3.63, 3.8) is 0 Å². The first-order valence-electron chi connectivity index (χ1n) is 13.2. The highest BCUT2D eigenvalue weighted by Gasteiger charge is 2.45. The minimum atomic E-state index is -0.973. The van der Waals surface area contributed by atoms with E-state index >= 15 is 0 Å². The minimum Gasteiger partial charge on any atom is -0.497 e. The van der Waals surface area contributed by atoms with Crippen LogP contribution in [0.25, 0.3) is 0 Å². The molecule has 0 aliphatic carbocycles. The van der Waals surface area contributed by atoms with Crippen LogP contribution in [-0.2, 0) is 29.5 Å². The fourth-order valence-corrected chi connectivity index (χ4v) is 4.70. The Balaban J connectivity index is 1.58. The summed E-state index contributed by atoms with van der Waals surface area (Å²) in [5.41, 5.74) is 1.68. The number of aromatic nitrogens is 3. The van der Waals surface area contributed by atoms with E-state index in [4.69, 9.17) is 9.47 Å². The van der Waals surface area contributed by atoms with Crippen molar-refractivity contribution in [1.29, 1.82) is 0 Å². The zero-order valence-electron chi connectivity index (χ0n) is 24.1. The lowest BCUT2D eigenvalue weighted by Crippen LogP contribution is -2.67.